The SMILES string of the molecule is CN1C(=O)c2ccccc2C1N1CCOCC1. The smallest absolute Gasteiger partial charge is 0.255 e. The molecule has 2 aliphatic rings. The van der Waals surface area contributed by atoms with Crippen LogP contribution in [0.2, 0.25) is 0 Å². The van der Waals surface area contributed by atoms with Crippen molar-refractivity contribution in [3.8, 4) is 0 Å². The zero-order valence-corrected chi connectivity index (χ0v) is 9.93. The van der Waals surface area contributed by atoms with Gasteiger partial charge in [-0.2, -0.15) is 0 Å². The Bertz CT molecular complexity index is 441. The number of amides is 1. The highest BCUT2D eigenvalue weighted by molar-refractivity contribution is 5.98. The highest BCUT2D eigenvalue weighted by Gasteiger charge is 2.37. The molecule has 4 nitrogen and oxygen atoms in total. The van der Waals surface area contributed by atoms with E-state index in [0.717, 1.165) is 37.4 Å². The third-order valence-corrected chi connectivity index (χ3v) is 3.55. The van der Waals surface area contributed by atoms with Gasteiger partial charge in [-0.05, 0) is 6.07 Å². The molecule has 90 valence electrons. The van der Waals surface area contributed by atoms with Crippen LogP contribution in [0.4, 0.5) is 0 Å². The van der Waals surface area contributed by atoms with Crippen LogP contribution in [0.25, 0.3) is 0 Å². The molecule has 0 spiro atoms. The van der Waals surface area contributed by atoms with Gasteiger partial charge in [-0.15, -0.1) is 0 Å². The Kier molecular flexibility index (Phi) is 2.61. The fourth-order valence-electron chi connectivity index (χ4n) is 2.69. The quantitative estimate of drug-likeness (QED) is 0.727. The Morgan fingerprint density at radius 3 is 2.71 bits per heavy atom. The summed E-state index contributed by atoms with van der Waals surface area (Å²) in [5.41, 5.74) is 1.97. The molecule has 0 aromatic heterocycles. The van der Waals surface area contributed by atoms with Crippen LogP contribution in [0.3, 0.4) is 0 Å². The molecule has 1 amide bonds. The number of fused-ring (bicyclic) bond motifs is 1. The molecule has 17 heavy (non-hydrogen) atoms. The predicted molar refractivity (Wildman–Crippen MR) is 63.7 cm³/mol. The highest BCUT2D eigenvalue weighted by atomic mass is 16.5. The van der Waals surface area contributed by atoms with E-state index in [9.17, 15) is 4.79 Å². The van der Waals surface area contributed by atoms with Gasteiger partial charge in [-0.3, -0.25) is 9.69 Å². The van der Waals surface area contributed by atoms with Crippen LogP contribution >= 0.6 is 0 Å². The Balaban J connectivity index is 1.96. The van der Waals surface area contributed by atoms with E-state index >= 15 is 0 Å². The maximum atomic E-state index is 12.1. The second-order valence-corrected chi connectivity index (χ2v) is 4.53. The minimum atomic E-state index is 0.0857. The Labute approximate surface area is 101 Å². The van der Waals surface area contributed by atoms with E-state index in [1.807, 2.05) is 30.1 Å². The fraction of sp³-hybridized carbons (Fsp3) is 0.462. The summed E-state index contributed by atoms with van der Waals surface area (Å²) in [6, 6.07) is 7.89. The number of hydrogen-bond donors (Lipinski definition) is 0. The maximum Gasteiger partial charge on any atom is 0.255 e. The molecule has 0 saturated carbocycles. The second kappa shape index (κ2) is 4.13. The monoisotopic (exact) mass is 232 g/mol. The summed E-state index contributed by atoms with van der Waals surface area (Å²) in [7, 11) is 1.88. The molecule has 1 aromatic rings. The summed E-state index contributed by atoms with van der Waals surface area (Å²) in [5.74, 6) is 0.122. The molecule has 1 saturated heterocycles. The van der Waals surface area contributed by atoms with Gasteiger partial charge < -0.3 is 9.64 Å². The van der Waals surface area contributed by atoms with Crippen molar-refractivity contribution in [2.75, 3.05) is 33.4 Å². The van der Waals surface area contributed by atoms with Crippen molar-refractivity contribution < 1.29 is 9.53 Å². The first-order valence-electron chi connectivity index (χ1n) is 5.97. The molecule has 1 aromatic carbocycles. The fourth-order valence-corrected chi connectivity index (χ4v) is 2.69. The highest BCUT2D eigenvalue weighted by Crippen LogP contribution is 2.34. The van der Waals surface area contributed by atoms with E-state index < -0.39 is 0 Å². The van der Waals surface area contributed by atoms with Crippen molar-refractivity contribution in [3.63, 3.8) is 0 Å². The molecule has 3 rings (SSSR count). The molecule has 2 heterocycles. The van der Waals surface area contributed by atoms with Gasteiger partial charge in [0.15, 0.2) is 0 Å². The first-order valence-corrected chi connectivity index (χ1v) is 5.97. The van der Waals surface area contributed by atoms with Crippen LogP contribution in [-0.4, -0.2) is 49.1 Å². The Morgan fingerprint density at radius 2 is 1.94 bits per heavy atom. The van der Waals surface area contributed by atoms with Crippen molar-refractivity contribution in [1.82, 2.24) is 9.80 Å². The van der Waals surface area contributed by atoms with Gasteiger partial charge in [-0.25, -0.2) is 0 Å². The zero-order chi connectivity index (χ0) is 11.8. The van der Waals surface area contributed by atoms with E-state index in [2.05, 4.69) is 11.0 Å². The van der Waals surface area contributed by atoms with Crippen molar-refractivity contribution >= 4 is 5.91 Å². The summed E-state index contributed by atoms with van der Waals surface area (Å²) in [4.78, 5) is 16.3. The first-order chi connectivity index (χ1) is 8.29. The number of carbonyl (C=O) groups is 1. The molecule has 0 N–H and O–H groups in total. The molecular weight excluding hydrogens is 216 g/mol. The molecule has 1 unspecified atom stereocenters. The lowest BCUT2D eigenvalue weighted by molar-refractivity contribution is -0.0169. The average molecular weight is 232 g/mol. The molecule has 2 aliphatic heterocycles. The van der Waals surface area contributed by atoms with Crippen LogP contribution in [0.15, 0.2) is 24.3 Å². The second-order valence-electron chi connectivity index (χ2n) is 4.53. The number of benzene rings is 1. The molecule has 0 aliphatic carbocycles. The zero-order valence-electron chi connectivity index (χ0n) is 9.93. The number of rotatable bonds is 1. The molecule has 4 heteroatoms. The third kappa shape index (κ3) is 1.64. The summed E-state index contributed by atoms with van der Waals surface area (Å²) >= 11 is 0. The van der Waals surface area contributed by atoms with Crippen LogP contribution in [0.1, 0.15) is 22.1 Å². The molecule has 0 radical (unpaired) electrons. The van der Waals surface area contributed by atoms with Crippen molar-refractivity contribution in [2.45, 2.75) is 6.17 Å². The summed E-state index contributed by atoms with van der Waals surface area (Å²) in [5, 5.41) is 0. The minimum absolute atomic E-state index is 0.0857. The number of morpholine rings is 1. The Hall–Kier alpha value is -1.39. The number of carbonyl (C=O) groups excluding carboxylic acids is 1. The van der Waals surface area contributed by atoms with Gasteiger partial charge in [0.1, 0.15) is 6.17 Å². The van der Waals surface area contributed by atoms with Crippen LogP contribution < -0.4 is 0 Å². The largest absolute Gasteiger partial charge is 0.379 e. The van der Waals surface area contributed by atoms with Gasteiger partial charge in [0.2, 0.25) is 0 Å². The van der Waals surface area contributed by atoms with Crippen LogP contribution in [-0.2, 0) is 4.74 Å². The van der Waals surface area contributed by atoms with Gasteiger partial charge in [0.25, 0.3) is 5.91 Å². The van der Waals surface area contributed by atoms with E-state index in [4.69, 9.17) is 4.74 Å². The third-order valence-electron chi connectivity index (χ3n) is 3.55. The minimum Gasteiger partial charge on any atom is -0.379 e. The van der Waals surface area contributed by atoms with Gasteiger partial charge in [-0.1, -0.05) is 18.2 Å². The lowest BCUT2D eigenvalue weighted by Gasteiger charge is -2.36. The molecule has 0 bridgehead atoms. The summed E-state index contributed by atoms with van der Waals surface area (Å²) in [6.07, 6.45) is 0.0857. The lowest BCUT2D eigenvalue weighted by Crippen LogP contribution is -2.44. The molecule has 1 fully saturated rings. The van der Waals surface area contributed by atoms with E-state index in [1.54, 1.807) is 0 Å². The summed E-state index contributed by atoms with van der Waals surface area (Å²) in [6.45, 7) is 3.27. The van der Waals surface area contributed by atoms with Crippen LogP contribution in [0, 0.1) is 0 Å². The average Bonchev–Trinajstić information content (AvgIpc) is 2.64. The first kappa shape index (κ1) is 10.7. The Morgan fingerprint density at radius 1 is 1.24 bits per heavy atom. The number of nitrogens with zero attached hydrogens (tertiary/aromatic N) is 2. The van der Waals surface area contributed by atoms with E-state index in [0.29, 0.717) is 0 Å². The molecule has 1 atom stereocenters. The number of ether oxygens (including phenoxy) is 1. The van der Waals surface area contributed by atoms with Crippen molar-refractivity contribution in [1.29, 1.82) is 0 Å². The van der Waals surface area contributed by atoms with Crippen molar-refractivity contribution in [2.24, 2.45) is 0 Å². The van der Waals surface area contributed by atoms with E-state index in [-0.39, 0.29) is 12.1 Å². The van der Waals surface area contributed by atoms with Gasteiger partial charge >= 0.3 is 0 Å². The van der Waals surface area contributed by atoms with Crippen molar-refractivity contribution in [3.05, 3.63) is 35.4 Å². The normalized spacial score (nSPS) is 25.1. The standard InChI is InChI=1S/C13H16N2O2/c1-14-12(15-6-8-17-9-7-15)10-4-2-3-5-11(10)13(14)16/h2-5,12H,6-9H2,1H3. The predicted octanol–water partition coefficient (Wildman–Crippen LogP) is 1.10. The van der Waals surface area contributed by atoms with Gasteiger partial charge in [0.05, 0.1) is 13.2 Å². The molecular formula is C13H16N2O2. The lowest BCUT2D eigenvalue weighted by atomic mass is 10.1. The maximum absolute atomic E-state index is 12.1. The number of hydrogen-bond acceptors (Lipinski definition) is 3. The topological polar surface area (TPSA) is 32.8 Å². The summed E-state index contributed by atoms with van der Waals surface area (Å²) < 4.78 is 5.36. The van der Waals surface area contributed by atoms with Gasteiger partial charge in [0, 0.05) is 31.3 Å². The van der Waals surface area contributed by atoms with E-state index in [1.165, 1.54) is 0 Å². The van der Waals surface area contributed by atoms with Crippen LogP contribution in [0.5, 0.6) is 0 Å².